The Morgan fingerprint density at radius 1 is 1.17 bits per heavy atom. The molecule has 0 atom stereocenters. The Bertz CT molecular complexity index is 597. The maximum absolute atomic E-state index is 12.2. The van der Waals surface area contributed by atoms with Crippen molar-refractivity contribution in [2.24, 2.45) is 11.7 Å². The molecule has 2 aliphatic heterocycles. The number of rotatable bonds is 4. The van der Waals surface area contributed by atoms with Gasteiger partial charge in [0.15, 0.2) is 18.0 Å². The molecule has 4 N–H and O–H groups in total. The van der Waals surface area contributed by atoms with Crippen molar-refractivity contribution in [3.8, 4) is 11.5 Å². The van der Waals surface area contributed by atoms with E-state index < -0.39 is 0 Å². The Morgan fingerprint density at radius 2 is 1.87 bits per heavy atom. The zero-order valence-corrected chi connectivity index (χ0v) is 13.0. The first-order valence-electron chi connectivity index (χ1n) is 7.94. The molecule has 1 aromatic rings. The summed E-state index contributed by atoms with van der Waals surface area (Å²) in [7, 11) is 0. The van der Waals surface area contributed by atoms with Gasteiger partial charge in [0, 0.05) is 30.5 Å². The number of amides is 2. The highest BCUT2D eigenvalue weighted by Gasteiger charge is 2.27. The lowest BCUT2D eigenvalue weighted by Crippen LogP contribution is -3.14. The zero-order valence-electron chi connectivity index (χ0n) is 13.0. The van der Waals surface area contributed by atoms with Gasteiger partial charge in [-0.2, -0.15) is 0 Å². The van der Waals surface area contributed by atoms with E-state index in [1.54, 1.807) is 18.2 Å². The first-order chi connectivity index (χ1) is 11.1. The second-order valence-corrected chi connectivity index (χ2v) is 6.01. The summed E-state index contributed by atoms with van der Waals surface area (Å²) in [5, 5.41) is 2.89. The highest BCUT2D eigenvalue weighted by atomic mass is 16.6. The van der Waals surface area contributed by atoms with Crippen molar-refractivity contribution in [3.63, 3.8) is 0 Å². The number of hydrogen-bond donors (Lipinski definition) is 3. The Kier molecular flexibility index (Phi) is 4.66. The third-order valence-corrected chi connectivity index (χ3v) is 4.33. The smallest absolute Gasteiger partial charge is 0.279 e. The average Bonchev–Trinajstić information content (AvgIpc) is 2.55. The summed E-state index contributed by atoms with van der Waals surface area (Å²) in [6.07, 6.45) is 1.50. The van der Waals surface area contributed by atoms with Crippen LogP contribution < -0.4 is 25.4 Å². The number of nitrogens with two attached hydrogens (primary N) is 1. The molecule has 0 aliphatic carbocycles. The molecule has 0 aromatic heterocycles. The lowest BCUT2D eigenvalue weighted by atomic mass is 9.96. The molecule has 0 bridgehead atoms. The minimum absolute atomic E-state index is 0.0420. The van der Waals surface area contributed by atoms with Gasteiger partial charge in [-0.15, -0.1) is 0 Å². The Balaban J connectivity index is 1.51. The maximum Gasteiger partial charge on any atom is 0.279 e. The Morgan fingerprint density at radius 3 is 2.57 bits per heavy atom. The standard InChI is InChI=1S/C16H21N3O4/c17-16(21)11-3-5-19(6-4-11)10-15(20)18-12-1-2-13-14(9-12)23-8-7-22-13/h1-2,9,11H,3-8,10H2,(H2,17,21)(H,18,20)/p+1. The summed E-state index contributed by atoms with van der Waals surface area (Å²) in [5.41, 5.74) is 6.02. The van der Waals surface area contributed by atoms with Crippen molar-refractivity contribution in [2.75, 3.05) is 38.2 Å². The van der Waals surface area contributed by atoms with E-state index in [1.165, 1.54) is 4.90 Å². The number of nitrogens with one attached hydrogen (secondary N) is 2. The predicted molar refractivity (Wildman–Crippen MR) is 83.5 cm³/mol. The summed E-state index contributed by atoms with van der Waals surface area (Å²) in [6.45, 7) is 3.04. The van der Waals surface area contributed by atoms with Gasteiger partial charge >= 0.3 is 0 Å². The van der Waals surface area contributed by atoms with Gasteiger partial charge in [-0.1, -0.05) is 0 Å². The van der Waals surface area contributed by atoms with Gasteiger partial charge in [0.1, 0.15) is 13.2 Å². The molecule has 0 radical (unpaired) electrons. The normalized spacial score (nSPS) is 23.1. The second kappa shape index (κ2) is 6.87. The molecular formula is C16H22N3O4+. The van der Waals surface area contributed by atoms with Gasteiger partial charge in [0.2, 0.25) is 5.91 Å². The van der Waals surface area contributed by atoms with Gasteiger partial charge in [0.05, 0.1) is 13.1 Å². The number of hydrogen-bond acceptors (Lipinski definition) is 4. The van der Waals surface area contributed by atoms with Crippen LogP contribution in [0, 0.1) is 5.92 Å². The van der Waals surface area contributed by atoms with E-state index >= 15 is 0 Å². The minimum Gasteiger partial charge on any atom is -0.486 e. The number of primary amides is 1. The fraction of sp³-hybridized carbons (Fsp3) is 0.500. The van der Waals surface area contributed by atoms with Crippen molar-refractivity contribution in [2.45, 2.75) is 12.8 Å². The quantitative estimate of drug-likeness (QED) is 0.675. The van der Waals surface area contributed by atoms with Crippen LogP contribution in [0.25, 0.3) is 0 Å². The largest absolute Gasteiger partial charge is 0.486 e. The minimum atomic E-state index is -0.232. The molecule has 0 saturated carbocycles. The molecular weight excluding hydrogens is 298 g/mol. The van der Waals surface area contributed by atoms with E-state index in [-0.39, 0.29) is 17.7 Å². The highest BCUT2D eigenvalue weighted by Crippen LogP contribution is 2.32. The monoisotopic (exact) mass is 320 g/mol. The molecule has 7 nitrogen and oxygen atoms in total. The number of anilines is 1. The van der Waals surface area contributed by atoms with E-state index in [0.717, 1.165) is 25.9 Å². The van der Waals surface area contributed by atoms with Crippen LogP contribution in [0.2, 0.25) is 0 Å². The fourth-order valence-corrected chi connectivity index (χ4v) is 3.04. The van der Waals surface area contributed by atoms with E-state index in [1.807, 2.05) is 0 Å². The first kappa shape index (κ1) is 15.6. The van der Waals surface area contributed by atoms with Crippen molar-refractivity contribution in [1.82, 2.24) is 0 Å². The molecule has 2 aliphatic rings. The summed E-state index contributed by atoms with van der Waals surface area (Å²) >= 11 is 0. The van der Waals surface area contributed by atoms with Crippen LogP contribution in [0.3, 0.4) is 0 Å². The van der Waals surface area contributed by atoms with Crippen molar-refractivity contribution in [1.29, 1.82) is 0 Å². The number of likely N-dealkylation sites (tertiary alicyclic amines) is 1. The number of quaternary nitrogens is 1. The van der Waals surface area contributed by atoms with Crippen LogP contribution in [-0.2, 0) is 9.59 Å². The van der Waals surface area contributed by atoms with E-state index in [2.05, 4.69) is 5.32 Å². The molecule has 1 aromatic carbocycles. The van der Waals surface area contributed by atoms with Gasteiger partial charge in [-0.05, 0) is 12.1 Å². The van der Waals surface area contributed by atoms with Crippen LogP contribution in [0.4, 0.5) is 5.69 Å². The average molecular weight is 320 g/mol. The SMILES string of the molecule is NC(=O)C1CC[NH+](CC(=O)Nc2ccc3c(c2)OCCO3)CC1. The van der Waals surface area contributed by atoms with Crippen LogP contribution in [-0.4, -0.2) is 44.7 Å². The zero-order chi connectivity index (χ0) is 16.2. The number of carbonyl (C=O) groups is 2. The number of benzene rings is 1. The van der Waals surface area contributed by atoms with Crippen LogP contribution >= 0.6 is 0 Å². The molecule has 0 spiro atoms. The molecule has 1 fully saturated rings. The van der Waals surface area contributed by atoms with Crippen molar-refractivity contribution in [3.05, 3.63) is 18.2 Å². The molecule has 23 heavy (non-hydrogen) atoms. The van der Waals surface area contributed by atoms with Gasteiger partial charge in [0.25, 0.3) is 5.91 Å². The summed E-state index contributed by atoms with van der Waals surface area (Å²) in [5.74, 6) is 1.04. The van der Waals surface area contributed by atoms with Crippen LogP contribution in [0.5, 0.6) is 11.5 Å². The molecule has 7 heteroatoms. The second-order valence-electron chi connectivity index (χ2n) is 6.01. The number of carbonyl (C=O) groups excluding carboxylic acids is 2. The molecule has 124 valence electrons. The van der Waals surface area contributed by atoms with Crippen molar-refractivity contribution >= 4 is 17.5 Å². The Hall–Kier alpha value is -2.28. The molecule has 2 heterocycles. The van der Waals surface area contributed by atoms with Crippen LogP contribution in [0.1, 0.15) is 12.8 Å². The third-order valence-electron chi connectivity index (χ3n) is 4.33. The maximum atomic E-state index is 12.2. The topological polar surface area (TPSA) is 95.1 Å². The first-order valence-corrected chi connectivity index (χ1v) is 7.94. The van der Waals surface area contributed by atoms with Crippen LogP contribution in [0.15, 0.2) is 18.2 Å². The Labute approximate surface area is 134 Å². The summed E-state index contributed by atoms with van der Waals surface area (Å²) < 4.78 is 11.0. The number of piperidine rings is 1. The number of fused-ring (bicyclic) bond motifs is 1. The predicted octanol–water partition coefficient (Wildman–Crippen LogP) is -0.823. The van der Waals surface area contributed by atoms with E-state index in [0.29, 0.717) is 36.9 Å². The molecule has 3 rings (SSSR count). The third kappa shape index (κ3) is 3.92. The van der Waals surface area contributed by atoms with Gasteiger partial charge in [-0.25, -0.2) is 0 Å². The van der Waals surface area contributed by atoms with Crippen molar-refractivity contribution < 1.29 is 24.0 Å². The molecule has 2 amide bonds. The summed E-state index contributed by atoms with van der Waals surface area (Å²) in [4.78, 5) is 24.5. The lowest BCUT2D eigenvalue weighted by molar-refractivity contribution is -0.897. The molecule has 0 unspecified atom stereocenters. The van der Waals surface area contributed by atoms with E-state index in [9.17, 15) is 9.59 Å². The van der Waals surface area contributed by atoms with E-state index in [4.69, 9.17) is 15.2 Å². The van der Waals surface area contributed by atoms with Gasteiger partial charge in [-0.3, -0.25) is 9.59 Å². The lowest BCUT2D eigenvalue weighted by Gasteiger charge is -2.27. The fourth-order valence-electron chi connectivity index (χ4n) is 3.04. The molecule has 1 saturated heterocycles. The number of ether oxygens (including phenoxy) is 2. The summed E-state index contributed by atoms with van der Waals surface area (Å²) in [6, 6.07) is 5.39. The van der Waals surface area contributed by atoms with Gasteiger partial charge < -0.3 is 25.4 Å². The highest BCUT2D eigenvalue weighted by molar-refractivity contribution is 5.91.